The van der Waals surface area contributed by atoms with Crippen LogP contribution in [0.3, 0.4) is 0 Å². The van der Waals surface area contributed by atoms with E-state index in [0.29, 0.717) is 12.6 Å². The van der Waals surface area contributed by atoms with Gasteiger partial charge in [-0.25, -0.2) is 4.98 Å². The van der Waals surface area contributed by atoms with Crippen LogP contribution in [-0.4, -0.2) is 43.1 Å². The lowest BCUT2D eigenvalue weighted by Gasteiger charge is -2.20. The van der Waals surface area contributed by atoms with E-state index >= 15 is 0 Å². The van der Waals surface area contributed by atoms with Gasteiger partial charge in [-0.1, -0.05) is 20.8 Å². The number of thiazole rings is 1. The number of rotatable bonds is 3. The second-order valence-corrected chi connectivity index (χ2v) is 7.64. The highest BCUT2D eigenvalue weighted by atomic mass is 32.1. The van der Waals surface area contributed by atoms with E-state index < -0.39 is 0 Å². The number of aromatic nitrogens is 1. The Kier molecular flexibility index (Phi) is 4.18. The Balaban J connectivity index is 2.21. The Labute approximate surface area is 120 Å². The van der Waals surface area contributed by atoms with Gasteiger partial charge in [0.05, 0.1) is 5.69 Å². The number of nitrogens with two attached hydrogens (primary N) is 1. The van der Waals surface area contributed by atoms with Gasteiger partial charge in [0.1, 0.15) is 0 Å². The third kappa shape index (κ3) is 3.09. The van der Waals surface area contributed by atoms with Gasteiger partial charge in [0.25, 0.3) is 0 Å². The zero-order chi connectivity index (χ0) is 14.2. The van der Waals surface area contributed by atoms with Crippen LogP contribution in [0.1, 0.15) is 37.8 Å². The normalized spacial score (nSPS) is 20.6. The number of likely N-dealkylation sites (N-methyl/N-ethyl adjacent to an activating group) is 1. The molecule has 2 rings (SSSR count). The maximum Gasteiger partial charge on any atom is 0.185 e. The fraction of sp³-hybridized carbons (Fsp3) is 0.786. The first kappa shape index (κ1) is 14.8. The minimum Gasteiger partial charge on any atom is -0.346 e. The summed E-state index contributed by atoms with van der Waals surface area (Å²) < 4.78 is 0. The number of hydrogen-bond acceptors (Lipinski definition) is 5. The monoisotopic (exact) mass is 282 g/mol. The summed E-state index contributed by atoms with van der Waals surface area (Å²) in [7, 11) is 4.31. The van der Waals surface area contributed by atoms with Crippen LogP contribution in [-0.2, 0) is 12.0 Å². The summed E-state index contributed by atoms with van der Waals surface area (Å²) in [4.78, 5) is 10.8. The lowest BCUT2D eigenvalue weighted by molar-refractivity contribution is 0.315. The lowest BCUT2D eigenvalue weighted by Crippen LogP contribution is -2.31. The summed E-state index contributed by atoms with van der Waals surface area (Å²) in [5.41, 5.74) is 7.12. The SMILES string of the molecule is CN(C)C1CCN(c2nc(C(C)(C)C)c(CN)s2)C1. The summed E-state index contributed by atoms with van der Waals surface area (Å²) >= 11 is 1.77. The molecule has 0 spiro atoms. The second kappa shape index (κ2) is 5.38. The van der Waals surface area contributed by atoms with E-state index in [1.807, 2.05) is 0 Å². The lowest BCUT2D eigenvalue weighted by atomic mass is 9.91. The van der Waals surface area contributed by atoms with Crippen LogP contribution in [0, 0.1) is 0 Å². The third-order valence-electron chi connectivity index (χ3n) is 3.75. The van der Waals surface area contributed by atoms with E-state index in [0.717, 1.165) is 18.2 Å². The molecule has 1 aliphatic heterocycles. The first-order valence-corrected chi connectivity index (χ1v) is 7.76. The number of nitrogens with zero attached hydrogens (tertiary/aromatic N) is 3. The average molecular weight is 282 g/mol. The van der Waals surface area contributed by atoms with Crippen molar-refractivity contribution in [3.8, 4) is 0 Å². The average Bonchev–Trinajstić information content (AvgIpc) is 2.94. The summed E-state index contributed by atoms with van der Waals surface area (Å²) in [6.45, 7) is 9.39. The molecule has 1 aromatic rings. The van der Waals surface area contributed by atoms with Crippen molar-refractivity contribution in [2.45, 2.75) is 45.2 Å². The Morgan fingerprint density at radius 1 is 1.42 bits per heavy atom. The predicted molar refractivity (Wildman–Crippen MR) is 83.0 cm³/mol. The fourth-order valence-electron chi connectivity index (χ4n) is 2.54. The van der Waals surface area contributed by atoms with Gasteiger partial charge in [-0.3, -0.25) is 0 Å². The van der Waals surface area contributed by atoms with Crippen LogP contribution in [0.15, 0.2) is 0 Å². The molecule has 1 saturated heterocycles. The zero-order valence-corrected chi connectivity index (χ0v) is 13.5. The van der Waals surface area contributed by atoms with Gasteiger partial charge >= 0.3 is 0 Å². The van der Waals surface area contributed by atoms with E-state index in [4.69, 9.17) is 10.7 Å². The van der Waals surface area contributed by atoms with Crippen molar-refractivity contribution in [1.29, 1.82) is 0 Å². The minimum absolute atomic E-state index is 0.0735. The first-order valence-electron chi connectivity index (χ1n) is 6.94. The van der Waals surface area contributed by atoms with E-state index in [2.05, 4.69) is 44.7 Å². The Morgan fingerprint density at radius 3 is 2.53 bits per heavy atom. The van der Waals surface area contributed by atoms with Crippen molar-refractivity contribution in [3.05, 3.63) is 10.6 Å². The molecule has 2 heterocycles. The Morgan fingerprint density at radius 2 is 2.11 bits per heavy atom. The van der Waals surface area contributed by atoms with E-state index in [-0.39, 0.29) is 5.41 Å². The maximum atomic E-state index is 5.88. The number of hydrogen-bond donors (Lipinski definition) is 1. The molecule has 19 heavy (non-hydrogen) atoms. The van der Waals surface area contributed by atoms with Gasteiger partial charge in [0.15, 0.2) is 5.13 Å². The van der Waals surface area contributed by atoms with Gasteiger partial charge in [-0.15, -0.1) is 11.3 Å². The highest BCUT2D eigenvalue weighted by molar-refractivity contribution is 7.15. The molecule has 0 radical (unpaired) electrons. The molecule has 1 aromatic heterocycles. The molecule has 0 aliphatic carbocycles. The van der Waals surface area contributed by atoms with E-state index in [9.17, 15) is 0 Å². The smallest absolute Gasteiger partial charge is 0.185 e. The molecule has 0 aromatic carbocycles. The third-order valence-corrected chi connectivity index (χ3v) is 4.88. The standard InChI is InChI=1S/C14H26N4S/c1-14(2,3)12-11(8-15)19-13(16-12)18-7-6-10(9-18)17(4)5/h10H,6-9,15H2,1-5H3. The zero-order valence-electron chi connectivity index (χ0n) is 12.7. The van der Waals surface area contributed by atoms with Crippen LogP contribution >= 0.6 is 11.3 Å². The molecule has 4 nitrogen and oxygen atoms in total. The summed E-state index contributed by atoms with van der Waals surface area (Å²) in [5.74, 6) is 0. The first-order chi connectivity index (χ1) is 8.82. The van der Waals surface area contributed by atoms with Crippen molar-refractivity contribution < 1.29 is 0 Å². The van der Waals surface area contributed by atoms with Crippen LogP contribution < -0.4 is 10.6 Å². The molecular formula is C14H26N4S. The van der Waals surface area contributed by atoms with Crippen molar-refractivity contribution in [2.75, 3.05) is 32.1 Å². The summed E-state index contributed by atoms with van der Waals surface area (Å²) in [6, 6.07) is 0.642. The molecule has 1 atom stereocenters. The molecule has 1 unspecified atom stereocenters. The topological polar surface area (TPSA) is 45.4 Å². The predicted octanol–water partition coefficient (Wildman–Crippen LogP) is 2.04. The highest BCUT2D eigenvalue weighted by Crippen LogP contribution is 2.35. The molecule has 108 valence electrons. The quantitative estimate of drug-likeness (QED) is 0.921. The van der Waals surface area contributed by atoms with Gasteiger partial charge < -0.3 is 15.5 Å². The number of anilines is 1. The van der Waals surface area contributed by atoms with Gasteiger partial charge in [0, 0.05) is 36.0 Å². The van der Waals surface area contributed by atoms with Crippen molar-refractivity contribution >= 4 is 16.5 Å². The van der Waals surface area contributed by atoms with Crippen LogP contribution in [0.4, 0.5) is 5.13 Å². The van der Waals surface area contributed by atoms with Crippen molar-refractivity contribution in [2.24, 2.45) is 5.73 Å². The molecule has 0 amide bonds. The Bertz CT molecular complexity index is 433. The Hall–Kier alpha value is -0.650. The highest BCUT2D eigenvalue weighted by Gasteiger charge is 2.29. The minimum atomic E-state index is 0.0735. The summed E-state index contributed by atoms with van der Waals surface area (Å²) in [6.07, 6.45) is 1.22. The molecule has 2 N–H and O–H groups in total. The van der Waals surface area contributed by atoms with Crippen molar-refractivity contribution in [1.82, 2.24) is 9.88 Å². The summed E-state index contributed by atoms with van der Waals surface area (Å²) in [5, 5.41) is 1.15. The molecular weight excluding hydrogens is 256 g/mol. The molecule has 1 aliphatic rings. The van der Waals surface area contributed by atoms with Crippen LogP contribution in [0.5, 0.6) is 0 Å². The van der Waals surface area contributed by atoms with Gasteiger partial charge in [-0.2, -0.15) is 0 Å². The van der Waals surface area contributed by atoms with Crippen LogP contribution in [0.25, 0.3) is 0 Å². The molecule has 0 saturated carbocycles. The van der Waals surface area contributed by atoms with E-state index in [1.165, 1.54) is 17.0 Å². The molecule has 1 fully saturated rings. The fourth-order valence-corrected chi connectivity index (χ4v) is 3.72. The van der Waals surface area contributed by atoms with Gasteiger partial charge in [0.2, 0.25) is 0 Å². The van der Waals surface area contributed by atoms with Gasteiger partial charge in [-0.05, 0) is 20.5 Å². The van der Waals surface area contributed by atoms with E-state index in [1.54, 1.807) is 11.3 Å². The second-order valence-electron chi connectivity index (χ2n) is 6.57. The largest absolute Gasteiger partial charge is 0.346 e. The van der Waals surface area contributed by atoms with Crippen molar-refractivity contribution in [3.63, 3.8) is 0 Å². The molecule has 0 bridgehead atoms. The van der Waals surface area contributed by atoms with Crippen LogP contribution in [0.2, 0.25) is 0 Å². The maximum absolute atomic E-state index is 5.88. The molecule has 5 heteroatoms.